The Morgan fingerprint density at radius 1 is 1.20 bits per heavy atom. The third-order valence-corrected chi connectivity index (χ3v) is 7.49. The summed E-state index contributed by atoms with van der Waals surface area (Å²) < 4.78 is 0. The van der Waals surface area contributed by atoms with E-state index < -0.39 is 0 Å². The Bertz CT molecular complexity index is 1120. The van der Waals surface area contributed by atoms with Gasteiger partial charge in [-0.25, -0.2) is 9.97 Å². The molecule has 1 atom stereocenters. The van der Waals surface area contributed by atoms with E-state index in [1.807, 2.05) is 25.1 Å². The van der Waals surface area contributed by atoms with Crippen LogP contribution in [0.3, 0.4) is 0 Å². The summed E-state index contributed by atoms with van der Waals surface area (Å²) in [5.74, 6) is 2.85. The summed E-state index contributed by atoms with van der Waals surface area (Å²) in [6.07, 6.45) is 10.3. The molecule has 7 heteroatoms. The minimum atomic E-state index is 0.227. The molecule has 184 valence electrons. The number of piperazine rings is 1. The van der Waals surface area contributed by atoms with E-state index in [9.17, 15) is 10.1 Å². The number of nitrogens with zero attached hydrogens (tertiary/aromatic N) is 5. The highest BCUT2D eigenvalue weighted by atomic mass is 16.2. The minimum Gasteiger partial charge on any atom is -0.352 e. The molecule has 2 aromatic heterocycles. The lowest BCUT2D eigenvalue weighted by atomic mass is 10.0. The molecule has 2 saturated carbocycles. The summed E-state index contributed by atoms with van der Waals surface area (Å²) >= 11 is 0. The Kier molecular flexibility index (Phi) is 6.90. The highest BCUT2D eigenvalue weighted by Crippen LogP contribution is 2.45. The third-order valence-electron chi connectivity index (χ3n) is 7.49. The molecule has 3 aliphatic rings. The highest BCUT2D eigenvalue weighted by molar-refractivity contribution is 5.77. The van der Waals surface area contributed by atoms with Gasteiger partial charge < -0.3 is 15.1 Å². The van der Waals surface area contributed by atoms with E-state index in [0.29, 0.717) is 36.3 Å². The SMILES string of the molecule is CCCCCC(=O)N1CCN(c2nc(C3CC3)c(Nc3cc(C)ccn3)cc2C#N)CC1C1CC1. The molecular formula is C28H36N6O. The molecule has 1 unspecified atom stereocenters. The Morgan fingerprint density at radius 3 is 2.71 bits per heavy atom. The first-order valence-corrected chi connectivity index (χ1v) is 13.3. The molecule has 2 aliphatic carbocycles. The van der Waals surface area contributed by atoms with Gasteiger partial charge in [-0.3, -0.25) is 4.79 Å². The van der Waals surface area contributed by atoms with E-state index in [1.165, 1.54) is 12.8 Å². The molecule has 1 N–H and O–H groups in total. The lowest BCUT2D eigenvalue weighted by molar-refractivity contribution is -0.134. The normalized spacial score (nSPS) is 20.0. The number of amides is 1. The molecule has 0 aromatic carbocycles. The lowest BCUT2D eigenvalue weighted by Gasteiger charge is -2.42. The Labute approximate surface area is 208 Å². The maximum absolute atomic E-state index is 13.0. The second-order valence-corrected chi connectivity index (χ2v) is 10.4. The molecule has 1 saturated heterocycles. The van der Waals surface area contributed by atoms with Gasteiger partial charge >= 0.3 is 0 Å². The molecule has 3 heterocycles. The third kappa shape index (κ3) is 5.42. The van der Waals surface area contributed by atoms with E-state index in [2.05, 4.69) is 33.1 Å². The molecule has 1 amide bonds. The number of nitrogens with one attached hydrogen (secondary N) is 1. The standard InChI is InChI=1S/C28H36N6O/c1-3-4-5-6-26(35)34-14-13-33(18-24(34)20-7-8-20)28-22(17-29)16-23(27(32-28)21-9-10-21)31-25-15-19(2)11-12-30-25/h11-12,15-16,20-21,24H,3-10,13-14,18H2,1-2H3,(H,30,31). The van der Waals surface area contributed by atoms with Crippen LogP contribution in [-0.2, 0) is 4.79 Å². The quantitative estimate of drug-likeness (QED) is 0.500. The van der Waals surface area contributed by atoms with Crippen LogP contribution in [0.25, 0.3) is 0 Å². The number of rotatable bonds is 9. The van der Waals surface area contributed by atoms with Crippen LogP contribution in [0.1, 0.15) is 81.0 Å². The molecule has 7 nitrogen and oxygen atoms in total. The van der Waals surface area contributed by atoms with Crippen molar-refractivity contribution in [3.63, 3.8) is 0 Å². The van der Waals surface area contributed by atoms with Gasteiger partial charge in [0.25, 0.3) is 0 Å². The van der Waals surface area contributed by atoms with Crippen LogP contribution in [0.4, 0.5) is 17.3 Å². The second kappa shape index (κ2) is 10.2. The summed E-state index contributed by atoms with van der Waals surface area (Å²) in [6, 6.07) is 8.56. The van der Waals surface area contributed by atoms with Crippen molar-refractivity contribution < 1.29 is 4.79 Å². The number of hydrogen-bond acceptors (Lipinski definition) is 6. The van der Waals surface area contributed by atoms with Gasteiger partial charge in [-0.05, 0) is 68.7 Å². The lowest BCUT2D eigenvalue weighted by Crippen LogP contribution is -2.56. The van der Waals surface area contributed by atoms with E-state index in [1.54, 1.807) is 6.20 Å². The molecule has 2 aromatic rings. The molecule has 3 fully saturated rings. The zero-order chi connectivity index (χ0) is 24.4. The zero-order valence-corrected chi connectivity index (χ0v) is 21.0. The minimum absolute atomic E-state index is 0.227. The van der Waals surface area contributed by atoms with Crippen molar-refractivity contribution in [1.29, 1.82) is 5.26 Å². The fraction of sp³-hybridized carbons (Fsp3) is 0.571. The fourth-order valence-corrected chi connectivity index (χ4v) is 5.22. The Morgan fingerprint density at radius 2 is 2.03 bits per heavy atom. The van der Waals surface area contributed by atoms with Gasteiger partial charge in [-0.15, -0.1) is 0 Å². The van der Waals surface area contributed by atoms with Crippen LogP contribution < -0.4 is 10.2 Å². The molecule has 0 bridgehead atoms. The van der Waals surface area contributed by atoms with Crippen molar-refractivity contribution in [1.82, 2.24) is 14.9 Å². The number of carbonyl (C=O) groups is 1. The van der Waals surface area contributed by atoms with Crippen LogP contribution in [0.2, 0.25) is 0 Å². The van der Waals surface area contributed by atoms with Crippen LogP contribution in [-0.4, -0.2) is 46.5 Å². The van der Waals surface area contributed by atoms with Crippen molar-refractivity contribution in [2.24, 2.45) is 5.92 Å². The number of aromatic nitrogens is 2. The first-order chi connectivity index (χ1) is 17.1. The van der Waals surface area contributed by atoms with Crippen LogP contribution in [0.15, 0.2) is 24.4 Å². The van der Waals surface area contributed by atoms with Gasteiger partial charge in [0.05, 0.1) is 23.0 Å². The number of anilines is 3. The average Bonchev–Trinajstić information content (AvgIpc) is 3.77. The maximum atomic E-state index is 13.0. The summed E-state index contributed by atoms with van der Waals surface area (Å²) in [5.41, 5.74) is 3.63. The first kappa shape index (κ1) is 23.6. The molecule has 0 spiro atoms. The van der Waals surface area contributed by atoms with E-state index in [4.69, 9.17) is 4.98 Å². The number of unbranched alkanes of at least 4 members (excludes halogenated alkanes) is 2. The number of carbonyl (C=O) groups excluding carboxylic acids is 1. The van der Waals surface area contributed by atoms with Gasteiger partial charge in [0, 0.05) is 38.2 Å². The molecule has 0 radical (unpaired) electrons. The maximum Gasteiger partial charge on any atom is 0.222 e. The molecule has 35 heavy (non-hydrogen) atoms. The molecular weight excluding hydrogens is 436 g/mol. The topological polar surface area (TPSA) is 85.2 Å². The predicted octanol–water partition coefficient (Wildman–Crippen LogP) is 5.29. The smallest absolute Gasteiger partial charge is 0.222 e. The van der Waals surface area contributed by atoms with E-state index in [0.717, 1.165) is 73.8 Å². The average molecular weight is 473 g/mol. The van der Waals surface area contributed by atoms with Crippen molar-refractivity contribution in [3.8, 4) is 6.07 Å². The number of nitriles is 1. The monoisotopic (exact) mass is 472 g/mol. The fourth-order valence-electron chi connectivity index (χ4n) is 5.22. The second-order valence-electron chi connectivity index (χ2n) is 10.4. The van der Waals surface area contributed by atoms with Crippen LogP contribution in [0, 0.1) is 24.2 Å². The Balaban J connectivity index is 1.39. The van der Waals surface area contributed by atoms with Crippen molar-refractivity contribution >= 4 is 23.2 Å². The van der Waals surface area contributed by atoms with Crippen LogP contribution >= 0.6 is 0 Å². The van der Waals surface area contributed by atoms with Gasteiger partial charge in [-0.2, -0.15) is 5.26 Å². The van der Waals surface area contributed by atoms with E-state index in [-0.39, 0.29) is 6.04 Å². The predicted molar refractivity (Wildman–Crippen MR) is 138 cm³/mol. The summed E-state index contributed by atoms with van der Waals surface area (Å²) in [7, 11) is 0. The highest BCUT2D eigenvalue weighted by Gasteiger charge is 2.41. The molecule has 5 rings (SSSR count). The number of aryl methyl sites for hydroxylation is 1. The van der Waals surface area contributed by atoms with Crippen molar-refractivity contribution in [2.45, 2.75) is 77.2 Å². The summed E-state index contributed by atoms with van der Waals surface area (Å²) in [5, 5.41) is 13.5. The zero-order valence-electron chi connectivity index (χ0n) is 21.0. The van der Waals surface area contributed by atoms with Gasteiger partial charge in [-0.1, -0.05) is 19.8 Å². The van der Waals surface area contributed by atoms with Gasteiger partial charge in [0.15, 0.2) is 0 Å². The van der Waals surface area contributed by atoms with Crippen LogP contribution in [0.5, 0.6) is 0 Å². The van der Waals surface area contributed by atoms with E-state index >= 15 is 0 Å². The number of hydrogen-bond donors (Lipinski definition) is 1. The molecule has 1 aliphatic heterocycles. The summed E-state index contributed by atoms with van der Waals surface area (Å²) in [4.78, 5) is 26.9. The van der Waals surface area contributed by atoms with Crippen molar-refractivity contribution in [3.05, 3.63) is 41.2 Å². The van der Waals surface area contributed by atoms with Gasteiger partial charge in [0.2, 0.25) is 5.91 Å². The largest absolute Gasteiger partial charge is 0.352 e. The van der Waals surface area contributed by atoms with Gasteiger partial charge in [0.1, 0.15) is 17.7 Å². The summed E-state index contributed by atoms with van der Waals surface area (Å²) in [6.45, 7) is 6.42. The number of pyridine rings is 2. The van der Waals surface area contributed by atoms with Crippen molar-refractivity contribution in [2.75, 3.05) is 29.9 Å². The Hall–Kier alpha value is -3.14. The first-order valence-electron chi connectivity index (χ1n) is 13.3.